The topological polar surface area (TPSA) is 94.6 Å². The van der Waals surface area contributed by atoms with E-state index in [9.17, 15) is 18.8 Å². The second kappa shape index (κ2) is 12.6. The van der Waals surface area contributed by atoms with E-state index in [1.807, 2.05) is 24.1 Å². The van der Waals surface area contributed by atoms with Crippen molar-refractivity contribution in [1.29, 1.82) is 0 Å². The first-order valence-corrected chi connectivity index (χ1v) is 13.9. The van der Waals surface area contributed by atoms with Gasteiger partial charge in [0.1, 0.15) is 23.8 Å². The summed E-state index contributed by atoms with van der Waals surface area (Å²) in [6.07, 6.45) is 4.79. The maximum atomic E-state index is 13.7. The molecule has 0 radical (unpaired) electrons. The molecule has 0 bridgehead atoms. The van der Waals surface area contributed by atoms with E-state index in [2.05, 4.69) is 13.8 Å². The third kappa shape index (κ3) is 6.67. The fraction of sp³-hybridized carbons (Fsp3) is 0.406. The predicted octanol–water partition coefficient (Wildman–Crippen LogP) is 5.43. The van der Waals surface area contributed by atoms with Crippen LogP contribution >= 0.6 is 0 Å². The summed E-state index contributed by atoms with van der Waals surface area (Å²) < 4.78 is 20.8. The molecular weight excluding hydrogens is 509 g/mol. The number of aryl methyl sites for hydroxylation is 1. The number of nitrogen functional groups attached to an aromatic ring is 1. The Bertz CT molecular complexity index is 1430. The first-order chi connectivity index (χ1) is 19.0. The van der Waals surface area contributed by atoms with E-state index in [1.165, 1.54) is 34.9 Å². The molecule has 1 aliphatic rings. The lowest BCUT2D eigenvalue weighted by atomic mass is 10.0. The number of ether oxygens (including phenoxy) is 1. The Labute approximate surface area is 234 Å². The van der Waals surface area contributed by atoms with Gasteiger partial charge in [-0.3, -0.25) is 23.9 Å². The number of carbonyl (C=O) groups is 2. The Morgan fingerprint density at radius 1 is 1.07 bits per heavy atom. The van der Waals surface area contributed by atoms with Gasteiger partial charge in [0.05, 0.1) is 11.3 Å². The molecule has 0 amide bonds. The molecule has 40 heavy (non-hydrogen) atoms. The zero-order valence-corrected chi connectivity index (χ0v) is 23.7. The van der Waals surface area contributed by atoms with Gasteiger partial charge in [-0.25, -0.2) is 4.39 Å². The highest BCUT2D eigenvalue weighted by atomic mass is 19.1. The molecule has 1 atom stereocenters. The van der Waals surface area contributed by atoms with Crippen molar-refractivity contribution in [1.82, 2.24) is 9.47 Å². The molecule has 7 nitrogen and oxygen atoms in total. The highest BCUT2D eigenvalue weighted by molar-refractivity contribution is 6.11. The lowest BCUT2D eigenvalue weighted by Crippen LogP contribution is -2.41. The van der Waals surface area contributed by atoms with Crippen LogP contribution in [0.1, 0.15) is 73.0 Å². The van der Waals surface area contributed by atoms with E-state index in [1.54, 1.807) is 19.1 Å². The number of ketones is 1. The minimum atomic E-state index is -0.401. The number of pyridine rings is 1. The molecule has 0 spiro atoms. The molecule has 3 aromatic rings. The molecule has 0 saturated heterocycles. The smallest absolute Gasteiger partial charge is 0.323 e. The standard InChI is InChI=1S/C32H38FN3O4/c1-20(2)17-28(32(39)40-25-7-5-6-8-25)35(4)19-22-9-12-24(13-10-22)36-29(37)16-14-26(31(36)34)30(38)23-11-15-27(33)21(3)18-23/h9-16,18,20,25,28H,5-8,17,19,34H2,1-4H3/t28-/m0/s1. The molecule has 1 saturated carbocycles. The summed E-state index contributed by atoms with van der Waals surface area (Å²) in [6, 6.07) is 13.8. The number of hydrogen-bond acceptors (Lipinski definition) is 6. The average Bonchev–Trinajstić information content (AvgIpc) is 3.42. The Morgan fingerprint density at radius 2 is 1.75 bits per heavy atom. The molecule has 0 aliphatic heterocycles. The van der Waals surface area contributed by atoms with E-state index < -0.39 is 11.6 Å². The summed E-state index contributed by atoms with van der Waals surface area (Å²) in [5.74, 6) is -0.628. The number of halogens is 1. The lowest BCUT2D eigenvalue weighted by molar-refractivity contribution is -0.155. The van der Waals surface area contributed by atoms with E-state index in [0.29, 0.717) is 30.1 Å². The number of hydrogen-bond donors (Lipinski definition) is 1. The van der Waals surface area contributed by atoms with Crippen LogP contribution < -0.4 is 11.3 Å². The predicted molar refractivity (Wildman–Crippen MR) is 154 cm³/mol. The van der Waals surface area contributed by atoms with Crippen LogP contribution in [0.15, 0.2) is 59.4 Å². The van der Waals surface area contributed by atoms with Crippen LogP contribution in [-0.2, 0) is 16.1 Å². The van der Waals surface area contributed by atoms with Gasteiger partial charge >= 0.3 is 5.97 Å². The van der Waals surface area contributed by atoms with Crippen molar-refractivity contribution in [3.05, 3.63) is 93.0 Å². The fourth-order valence-electron chi connectivity index (χ4n) is 5.25. The number of nitrogens with two attached hydrogens (primary N) is 1. The van der Waals surface area contributed by atoms with Gasteiger partial charge in [0.15, 0.2) is 5.78 Å². The number of benzene rings is 2. The maximum absolute atomic E-state index is 13.7. The molecule has 2 aromatic carbocycles. The number of esters is 1. The lowest BCUT2D eigenvalue weighted by Gasteiger charge is -2.29. The second-order valence-electron chi connectivity index (χ2n) is 11.2. The van der Waals surface area contributed by atoms with Crippen molar-refractivity contribution in [2.75, 3.05) is 12.8 Å². The highest BCUT2D eigenvalue weighted by Crippen LogP contribution is 2.24. The fourth-order valence-corrected chi connectivity index (χ4v) is 5.25. The molecule has 2 N–H and O–H groups in total. The van der Waals surface area contributed by atoms with Crippen molar-refractivity contribution in [3.8, 4) is 5.69 Å². The van der Waals surface area contributed by atoms with Crippen LogP contribution in [0.2, 0.25) is 0 Å². The number of aromatic nitrogens is 1. The van der Waals surface area contributed by atoms with Crippen molar-refractivity contribution in [2.45, 2.75) is 71.6 Å². The van der Waals surface area contributed by atoms with Gasteiger partial charge in [-0.2, -0.15) is 0 Å². The summed E-state index contributed by atoms with van der Waals surface area (Å²) >= 11 is 0. The molecule has 0 unspecified atom stereocenters. The van der Waals surface area contributed by atoms with Gasteiger partial charge in [-0.1, -0.05) is 26.0 Å². The van der Waals surface area contributed by atoms with Gasteiger partial charge in [0.2, 0.25) is 0 Å². The first-order valence-electron chi connectivity index (χ1n) is 13.9. The van der Waals surface area contributed by atoms with Crippen LogP contribution in [0.4, 0.5) is 10.2 Å². The van der Waals surface area contributed by atoms with Crippen molar-refractivity contribution < 1.29 is 18.7 Å². The molecule has 212 valence electrons. The zero-order valence-electron chi connectivity index (χ0n) is 23.7. The van der Waals surface area contributed by atoms with E-state index in [4.69, 9.17) is 10.5 Å². The van der Waals surface area contributed by atoms with Crippen LogP contribution in [-0.4, -0.2) is 40.4 Å². The molecule has 4 rings (SSSR count). The van der Waals surface area contributed by atoms with Crippen LogP contribution in [0, 0.1) is 18.7 Å². The average molecular weight is 548 g/mol. The SMILES string of the molecule is Cc1cc(C(=O)c2ccc(=O)n(-c3ccc(CN(C)[C@@H](CC(C)C)C(=O)OC4CCCC4)cc3)c2N)ccc1F. The third-order valence-corrected chi connectivity index (χ3v) is 7.50. The Kier molecular flexibility index (Phi) is 9.20. The van der Waals surface area contributed by atoms with Crippen LogP contribution in [0.5, 0.6) is 0 Å². The molecule has 1 heterocycles. The van der Waals surface area contributed by atoms with Crippen LogP contribution in [0.25, 0.3) is 5.69 Å². The quantitative estimate of drug-likeness (QED) is 0.269. The Balaban J connectivity index is 1.53. The summed E-state index contributed by atoms with van der Waals surface area (Å²) in [6.45, 7) is 6.29. The van der Waals surface area contributed by atoms with E-state index in [-0.39, 0.29) is 40.6 Å². The van der Waals surface area contributed by atoms with Gasteiger partial charge in [0.25, 0.3) is 5.56 Å². The van der Waals surface area contributed by atoms with Crippen LogP contribution in [0.3, 0.4) is 0 Å². The monoisotopic (exact) mass is 547 g/mol. The summed E-state index contributed by atoms with van der Waals surface area (Å²) in [4.78, 5) is 41.0. The highest BCUT2D eigenvalue weighted by Gasteiger charge is 2.29. The minimum absolute atomic E-state index is 0.0102. The van der Waals surface area contributed by atoms with Gasteiger partial charge in [0, 0.05) is 18.2 Å². The van der Waals surface area contributed by atoms with Crippen molar-refractivity contribution in [2.24, 2.45) is 5.92 Å². The van der Waals surface area contributed by atoms with Gasteiger partial charge in [-0.05, 0) is 99.5 Å². The Hall–Kier alpha value is -3.78. The molecular formula is C32H38FN3O4. The normalized spacial score (nSPS) is 14.6. The summed E-state index contributed by atoms with van der Waals surface area (Å²) in [5.41, 5.74) is 8.22. The zero-order chi connectivity index (χ0) is 29.0. The first kappa shape index (κ1) is 29.2. The molecule has 1 aromatic heterocycles. The third-order valence-electron chi connectivity index (χ3n) is 7.50. The Morgan fingerprint density at radius 3 is 2.38 bits per heavy atom. The van der Waals surface area contributed by atoms with Gasteiger partial charge < -0.3 is 10.5 Å². The van der Waals surface area contributed by atoms with Crippen molar-refractivity contribution >= 4 is 17.6 Å². The van der Waals surface area contributed by atoms with Crippen molar-refractivity contribution in [3.63, 3.8) is 0 Å². The van der Waals surface area contributed by atoms with E-state index >= 15 is 0 Å². The summed E-state index contributed by atoms with van der Waals surface area (Å²) in [7, 11) is 1.92. The number of rotatable bonds is 10. The minimum Gasteiger partial charge on any atom is -0.461 e. The number of anilines is 1. The molecule has 1 aliphatic carbocycles. The van der Waals surface area contributed by atoms with E-state index in [0.717, 1.165) is 31.2 Å². The largest absolute Gasteiger partial charge is 0.461 e. The van der Waals surface area contributed by atoms with Gasteiger partial charge in [-0.15, -0.1) is 0 Å². The molecule has 1 fully saturated rings. The number of likely N-dealkylation sites (N-methyl/N-ethyl adjacent to an activating group) is 1. The molecule has 8 heteroatoms. The number of carbonyl (C=O) groups excluding carboxylic acids is 2. The second-order valence-corrected chi connectivity index (χ2v) is 11.2. The number of nitrogens with zero attached hydrogens (tertiary/aromatic N) is 2. The maximum Gasteiger partial charge on any atom is 0.323 e. The summed E-state index contributed by atoms with van der Waals surface area (Å²) in [5, 5.41) is 0.